The van der Waals surface area contributed by atoms with Crippen LogP contribution in [0.15, 0.2) is 123 Å². The summed E-state index contributed by atoms with van der Waals surface area (Å²) in [7, 11) is 0. The Labute approximate surface area is 271 Å². The number of hydrogen-bond acceptors (Lipinski definition) is 2. The van der Waals surface area contributed by atoms with E-state index in [-0.39, 0.29) is 6.71 Å². The molecule has 0 radical (unpaired) electrons. The highest BCUT2D eigenvalue weighted by atomic mass is 79.9. The summed E-state index contributed by atoms with van der Waals surface area (Å²) in [6.07, 6.45) is 0. The molecule has 0 aromatic heterocycles. The fraction of sp³-hybridized carbons (Fsp3) is 0.231. The predicted octanol–water partition coefficient (Wildman–Crippen LogP) is 10.3. The van der Waals surface area contributed by atoms with Crippen LogP contribution in [0.5, 0.6) is 0 Å². The van der Waals surface area contributed by atoms with E-state index in [0.29, 0.717) is 17.8 Å². The summed E-state index contributed by atoms with van der Waals surface area (Å²) in [4.78, 5) is 5.01. The van der Waals surface area contributed by atoms with Gasteiger partial charge in [0, 0.05) is 31.3 Å². The molecule has 1 nitrogen and oxygen atoms in total. The normalized spacial score (nSPS) is 12.6. The molecule has 216 valence electrons. The third-order valence-electron chi connectivity index (χ3n) is 8.57. The van der Waals surface area contributed by atoms with Crippen molar-refractivity contribution < 1.29 is 0 Å². The van der Waals surface area contributed by atoms with E-state index in [2.05, 4.69) is 172 Å². The lowest BCUT2D eigenvalue weighted by Crippen LogP contribution is -2.57. The maximum absolute atomic E-state index is 3.78. The van der Waals surface area contributed by atoms with Gasteiger partial charge in [-0.2, -0.15) is 0 Å². The zero-order valence-corrected chi connectivity index (χ0v) is 28.3. The minimum atomic E-state index is 0.173. The number of nitrogens with zero attached hydrogens (tertiary/aromatic N) is 1. The van der Waals surface area contributed by atoms with Crippen LogP contribution in [0.1, 0.15) is 76.0 Å². The molecule has 0 fully saturated rings. The molecule has 0 amide bonds. The van der Waals surface area contributed by atoms with Crippen molar-refractivity contribution in [1.82, 2.24) is 0 Å². The standard InChI is InChI=1S/C39H39BBrNS/c1-25(2)28-21-33(26(3)4)39(34(22-28)27(5)6)40-35-19-17-29(41)23-37(35)43-38-24-32(18-20-36(38)40)42(30-13-9-7-10-14-30)31-15-11-8-12-16-31/h7-27H,1-6H3. The van der Waals surface area contributed by atoms with Crippen LogP contribution >= 0.6 is 27.7 Å². The van der Waals surface area contributed by atoms with Gasteiger partial charge < -0.3 is 4.90 Å². The van der Waals surface area contributed by atoms with Gasteiger partial charge in [-0.1, -0.05) is 146 Å². The van der Waals surface area contributed by atoms with Gasteiger partial charge in [0.15, 0.2) is 0 Å². The number of fused-ring (bicyclic) bond motifs is 2. The molecule has 43 heavy (non-hydrogen) atoms. The average Bonchev–Trinajstić information content (AvgIpc) is 3.00. The molecule has 1 heterocycles. The number of benzene rings is 5. The van der Waals surface area contributed by atoms with Gasteiger partial charge in [-0.3, -0.25) is 0 Å². The van der Waals surface area contributed by atoms with Gasteiger partial charge in [0.2, 0.25) is 6.71 Å². The van der Waals surface area contributed by atoms with Gasteiger partial charge >= 0.3 is 0 Å². The Morgan fingerprint density at radius 2 is 1.07 bits per heavy atom. The minimum Gasteiger partial charge on any atom is -0.310 e. The molecule has 1 aliphatic heterocycles. The molecule has 0 spiro atoms. The fourth-order valence-electron chi connectivity index (χ4n) is 6.37. The first-order valence-electron chi connectivity index (χ1n) is 15.4. The lowest BCUT2D eigenvalue weighted by Gasteiger charge is -2.33. The lowest BCUT2D eigenvalue weighted by molar-refractivity contribution is 0.812. The minimum absolute atomic E-state index is 0.173. The van der Waals surface area contributed by atoms with Crippen LogP contribution in [-0.4, -0.2) is 6.71 Å². The van der Waals surface area contributed by atoms with E-state index in [1.54, 1.807) is 0 Å². The SMILES string of the molecule is CC(C)c1cc(C(C)C)c(B2c3ccc(Br)cc3Sc3cc(N(c4ccccc4)c4ccccc4)ccc32)c(C(C)C)c1. The van der Waals surface area contributed by atoms with Crippen LogP contribution in [0, 0.1) is 0 Å². The molecule has 0 saturated heterocycles. The first-order chi connectivity index (χ1) is 20.7. The van der Waals surface area contributed by atoms with Crippen LogP contribution in [-0.2, 0) is 0 Å². The zero-order valence-electron chi connectivity index (χ0n) is 25.9. The van der Waals surface area contributed by atoms with Crippen molar-refractivity contribution in [2.45, 2.75) is 69.1 Å². The van der Waals surface area contributed by atoms with E-state index in [1.807, 2.05) is 11.8 Å². The van der Waals surface area contributed by atoms with E-state index in [0.717, 1.165) is 15.8 Å². The lowest BCUT2D eigenvalue weighted by atomic mass is 9.34. The molecule has 6 rings (SSSR count). The third-order valence-corrected chi connectivity index (χ3v) is 10.2. The van der Waals surface area contributed by atoms with Crippen LogP contribution in [0.2, 0.25) is 0 Å². The Kier molecular flexibility index (Phi) is 8.62. The molecular weight excluding hydrogens is 605 g/mol. The van der Waals surface area contributed by atoms with E-state index in [9.17, 15) is 0 Å². The number of para-hydroxylation sites is 2. The molecule has 4 heteroatoms. The van der Waals surface area contributed by atoms with Crippen molar-refractivity contribution in [2.75, 3.05) is 4.90 Å². The van der Waals surface area contributed by atoms with E-state index in [1.165, 1.54) is 48.6 Å². The van der Waals surface area contributed by atoms with Crippen molar-refractivity contribution in [3.05, 3.63) is 130 Å². The second-order valence-electron chi connectivity index (χ2n) is 12.5. The first-order valence-corrected chi connectivity index (χ1v) is 17.0. The number of hydrogen-bond donors (Lipinski definition) is 0. The van der Waals surface area contributed by atoms with E-state index < -0.39 is 0 Å². The summed E-state index contributed by atoms with van der Waals surface area (Å²) in [5.74, 6) is 1.34. The molecule has 0 unspecified atom stereocenters. The molecule has 5 aromatic rings. The Morgan fingerprint density at radius 3 is 1.58 bits per heavy atom. The topological polar surface area (TPSA) is 3.24 Å². The van der Waals surface area contributed by atoms with Crippen LogP contribution in [0.3, 0.4) is 0 Å². The van der Waals surface area contributed by atoms with E-state index in [4.69, 9.17) is 0 Å². The van der Waals surface area contributed by atoms with Crippen molar-refractivity contribution in [3.8, 4) is 0 Å². The third kappa shape index (κ3) is 5.84. The zero-order chi connectivity index (χ0) is 30.2. The average molecular weight is 645 g/mol. The summed E-state index contributed by atoms with van der Waals surface area (Å²) < 4.78 is 1.12. The van der Waals surface area contributed by atoms with Gasteiger partial charge in [0.05, 0.1) is 0 Å². The Morgan fingerprint density at radius 1 is 0.558 bits per heavy atom. The second kappa shape index (κ2) is 12.4. The highest BCUT2D eigenvalue weighted by Crippen LogP contribution is 2.39. The molecule has 1 aliphatic rings. The summed E-state index contributed by atoms with van der Waals surface area (Å²) in [5.41, 5.74) is 12.2. The largest absolute Gasteiger partial charge is 0.310 e. The highest BCUT2D eigenvalue weighted by Gasteiger charge is 2.36. The molecule has 0 atom stereocenters. The molecule has 0 aliphatic carbocycles. The van der Waals surface area contributed by atoms with Crippen molar-refractivity contribution in [1.29, 1.82) is 0 Å². The highest BCUT2D eigenvalue weighted by molar-refractivity contribution is 9.10. The van der Waals surface area contributed by atoms with Gasteiger partial charge in [0.25, 0.3) is 0 Å². The predicted molar refractivity (Wildman–Crippen MR) is 193 cm³/mol. The first kappa shape index (κ1) is 29.8. The maximum atomic E-state index is 3.78. The summed E-state index contributed by atoms with van der Waals surface area (Å²) in [6, 6.07) is 40.4. The second-order valence-corrected chi connectivity index (χ2v) is 14.5. The monoisotopic (exact) mass is 643 g/mol. The smallest absolute Gasteiger partial charge is 0.244 e. The van der Waals surface area contributed by atoms with Gasteiger partial charge in [-0.15, -0.1) is 0 Å². The molecule has 0 saturated carbocycles. The summed E-state index contributed by atoms with van der Waals surface area (Å²) in [6.45, 7) is 14.2. The molecule has 5 aromatic carbocycles. The summed E-state index contributed by atoms with van der Waals surface area (Å²) >= 11 is 5.68. The quantitative estimate of drug-likeness (QED) is 0.159. The van der Waals surface area contributed by atoms with Gasteiger partial charge in [-0.05, 0) is 83.0 Å². The molecule has 0 N–H and O–H groups in total. The Hall–Kier alpha value is -3.21. The molecule has 0 bridgehead atoms. The van der Waals surface area contributed by atoms with Crippen molar-refractivity contribution in [3.63, 3.8) is 0 Å². The van der Waals surface area contributed by atoms with Gasteiger partial charge in [-0.25, -0.2) is 0 Å². The Balaban J connectivity index is 1.60. The van der Waals surface area contributed by atoms with Crippen molar-refractivity contribution in [2.24, 2.45) is 0 Å². The fourth-order valence-corrected chi connectivity index (χ4v) is 8.09. The maximum Gasteiger partial charge on any atom is 0.244 e. The van der Waals surface area contributed by atoms with Crippen LogP contribution in [0.4, 0.5) is 17.1 Å². The summed E-state index contributed by atoms with van der Waals surface area (Å²) in [5, 5.41) is 0. The van der Waals surface area contributed by atoms with Crippen LogP contribution in [0.25, 0.3) is 0 Å². The van der Waals surface area contributed by atoms with Crippen molar-refractivity contribution >= 4 is 67.9 Å². The Bertz CT molecular complexity index is 1680. The number of anilines is 3. The van der Waals surface area contributed by atoms with E-state index >= 15 is 0 Å². The van der Waals surface area contributed by atoms with Gasteiger partial charge in [0.1, 0.15) is 0 Å². The number of rotatable bonds is 7. The molecular formula is C39H39BBrNS. The number of halogens is 1. The van der Waals surface area contributed by atoms with Crippen LogP contribution < -0.4 is 21.3 Å².